The third kappa shape index (κ3) is 3.92. The Hall–Kier alpha value is -2.28. The van der Waals surface area contributed by atoms with Gasteiger partial charge in [0, 0.05) is 33.8 Å². The molecule has 1 heterocycles. The number of nitriles is 1. The molecule has 1 aliphatic heterocycles. The second-order valence-corrected chi connectivity index (χ2v) is 9.24. The topological polar surface area (TPSA) is 79.5 Å². The zero-order valence-corrected chi connectivity index (χ0v) is 16.9. The van der Waals surface area contributed by atoms with E-state index in [1.54, 1.807) is 6.07 Å². The molecule has 0 spiro atoms. The van der Waals surface area contributed by atoms with E-state index in [9.17, 15) is 26.9 Å². The smallest absolute Gasteiger partial charge is 0.374 e. The summed E-state index contributed by atoms with van der Waals surface area (Å²) < 4.78 is 65.5. The summed E-state index contributed by atoms with van der Waals surface area (Å²) in [6, 6.07) is 8.79. The van der Waals surface area contributed by atoms with Crippen molar-refractivity contribution in [2.45, 2.75) is 23.1 Å². The van der Waals surface area contributed by atoms with E-state index in [2.05, 4.69) is 5.16 Å². The van der Waals surface area contributed by atoms with Gasteiger partial charge in [-0.3, -0.25) is 0 Å². The normalized spacial score (nSPS) is 19.4. The molecule has 0 N–H and O–H groups in total. The van der Waals surface area contributed by atoms with Gasteiger partial charge in [-0.05, 0) is 30.3 Å². The number of benzene rings is 2. The van der Waals surface area contributed by atoms with Crippen molar-refractivity contribution in [3.63, 3.8) is 0 Å². The van der Waals surface area contributed by atoms with Crippen LogP contribution in [0.15, 0.2) is 46.4 Å². The Morgan fingerprint density at radius 3 is 2.31 bits per heavy atom. The Kier molecular flexibility index (Phi) is 5.32. The zero-order chi connectivity index (χ0) is 21.6. The van der Waals surface area contributed by atoms with Crippen LogP contribution in [0.5, 0.6) is 0 Å². The van der Waals surface area contributed by atoms with Crippen molar-refractivity contribution >= 4 is 38.8 Å². The first-order valence-corrected chi connectivity index (χ1v) is 10.5. The molecule has 152 valence electrons. The lowest BCUT2D eigenvalue weighted by molar-refractivity contribution is -0.275. The summed E-state index contributed by atoms with van der Waals surface area (Å²) in [5, 5.41) is 12.8. The lowest BCUT2D eigenvalue weighted by Crippen LogP contribution is -2.42. The lowest BCUT2D eigenvalue weighted by Gasteiger charge is -2.29. The first-order valence-electron chi connectivity index (χ1n) is 7.90. The van der Waals surface area contributed by atoms with Gasteiger partial charge in [-0.1, -0.05) is 34.4 Å². The van der Waals surface area contributed by atoms with Crippen LogP contribution in [0.25, 0.3) is 0 Å². The molecule has 0 aliphatic carbocycles. The highest BCUT2D eigenvalue weighted by atomic mass is 35.5. The number of hydrogen-bond donors (Lipinski definition) is 0. The van der Waals surface area contributed by atoms with Crippen molar-refractivity contribution in [1.82, 2.24) is 0 Å². The summed E-state index contributed by atoms with van der Waals surface area (Å²) in [7, 11) is -3.69. The summed E-state index contributed by atoms with van der Waals surface area (Å²) in [4.78, 5) is 4.65. The third-order valence-corrected chi connectivity index (χ3v) is 5.94. The van der Waals surface area contributed by atoms with Gasteiger partial charge < -0.3 is 4.84 Å². The molecule has 0 saturated heterocycles. The number of hydrogen-bond acceptors (Lipinski definition) is 5. The van der Waals surface area contributed by atoms with Crippen molar-refractivity contribution < 1.29 is 26.4 Å². The standard InChI is InChI=1S/C18H11Cl2F3N2O3S/c1-29(26,27)16-3-2-10(4-11(16)9-24)15-8-17(28-25-15,18(21,22)23)12-5-13(19)7-14(20)6-12/h2-7H,8H2,1H3. The molecule has 3 rings (SSSR count). The van der Waals surface area contributed by atoms with Gasteiger partial charge in [0.15, 0.2) is 9.84 Å². The number of halogens is 5. The number of alkyl halides is 3. The van der Waals surface area contributed by atoms with Gasteiger partial charge in [0.2, 0.25) is 0 Å². The van der Waals surface area contributed by atoms with E-state index in [0.29, 0.717) is 0 Å². The summed E-state index contributed by atoms with van der Waals surface area (Å²) in [6.07, 6.45) is -4.65. The van der Waals surface area contributed by atoms with Gasteiger partial charge in [0.25, 0.3) is 5.60 Å². The van der Waals surface area contributed by atoms with Crippen molar-refractivity contribution in [1.29, 1.82) is 5.26 Å². The number of rotatable bonds is 3. The van der Waals surface area contributed by atoms with Crippen molar-refractivity contribution in [3.05, 3.63) is 63.1 Å². The van der Waals surface area contributed by atoms with Crippen LogP contribution in [-0.2, 0) is 20.3 Å². The Morgan fingerprint density at radius 1 is 1.17 bits per heavy atom. The van der Waals surface area contributed by atoms with Crippen LogP contribution >= 0.6 is 23.2 Å². The SMILES string of the molecule is CS(=O)(=O)c1ccc(C2=NOC(c3cc(Cl)cc(Cl)c3)(C(F)(F)F)C2)cc1C#N. The predicted molar refractivity (Wildman–Crippen MR) is 101 cm³/mol. The van der Waals surface area contributed by atoms with E-state index >= 15 is 0 Å². The minimum Gasteiger partial charge on any atom is -0.374 e. The molecule has 2 aromatic rings. The molecule has 5 nitrogen and oxygen atoms in total. The van der Waals surface area contributed by atoms with Gasteiger partial charge in [-0.25, -0.2) is 8.42 Å². The molecule has 0 saturated carbocycles. The highest BCUT2D eigenvalue weighted by Gasteiger charge is 2.62. The zero-order valence-electron chi connectivity index (χ0n) is 14.6. The van der Waals surface area contributed by atoms with Gasteiger partial charge in [0.1, 0.15) is 6.07 Å². The van der Waals surface area contributed by atoms with Gasteiger partial charge in [-0.15, -0.1) is 0 Å². The average molecular weight is 463 g/mol. The Labute approximate surface area is 174 Å². The number of nitrogens with zero attached hydrogens (tertiary/aromatic N) is 2. The van der Waals surface area contributed by atoms with Crippen molar-refractivity contribution in [2.24, 2.45) is 5.16 Å². The monoisotopic (exact) mass is 462 g/mol. The molecule has 0 fully saturated rings. The van der Waals surface area contributed by atoms with E-state index in [4.69, 9.17) is 28.0 Å². The second kappa shape index (κ2) is 7.20. The van der Waals surface area contributed by atoms with Crippen LogP contribution in [0, 0.1) is 11.3 Å². The lowest BCUT2D eigenvalue weighted by atomic mass is 9.86. The Balaban J connectivity index is 2.07. The fourth-order valence-corrected chi connectivity index (χ4v) is 4.31. The van der Waals surface area contributed by atoms with Crippen LogP contribution in [0.2, 0.25) is 10.0 Å². The van der Waals surface area contributed by atoms with Crippen LogP contribution in [0.3, 0.4) is 0 Å². The van der Waals surface area contributed by atoms with E-state index in [1.165, 1.54) is 12.1 Å². The first-order chi connectivity index (χ1) is 13.4. The van der Waals surface area contributed by atoms with Crippen LogP contribution in [0.1, 0.15) is 23.1 Å². The molecule has 1 aliphatic rings. The highest BCUT2D eigenvalue weighted by Crippen LogP contribution is 2.49. The number of sulfone groups is 1. The minimum atomic E-state index is -4.86. The molecule has 1 unspecified atom stereocenters. The molecule has 11 heteroatoms. The van der Waals surface area contributed by atoms with E-state index < -0.39 is 28.0 Å². The summed E-state index contributed by atoms with van der Waals surface area (Å²) in [5.41, 5.74) is -3.32. The maximum atomic E-state index is 14.0. The van der Waals surface area contributed by atoms with E-state index in [-0.39, 0.29) is 37.3 Å². The van der Waals surface area contributed by atoms with Gasteiger partial charge in [0.05, 0.1) is 16.2 Å². The van der Waals surface area contributed by atoms with Gasteiger partial charge in [-0.2, -0.15) is 18.4 Å². The largest absolute Gasteiger partial charge is 0.435 e. The Morgan fingerprint density at radius 2 is 1.79 bits per heavy atom. The maximum Gasteiger partial charge on any atom is 0.435 e. The first kappa shape index (κ1) is 21.4. The molecule has 0 bridgehead atoms. The third-order valence-electron chi connectivity index (χ3n) is 4.35. The fourth-order valence-electron chi connectivity index (χ4n) is 2.97. The van der Waals surface area contributed by atoms with E-state index in [1.807, 2.05) is 0 Å². The molecule has 0 aromatic heterocycles. The molecular weight excluding hydrogens is 452 g/mol. The molecule has 29 heavy (non-hydrogen) atoms. The molecule has 0 amide bonds. The summed E-state index contributed by atoms with van der Waals surface area (Å²) >= 11 is 11.7. The van der Waals surface area contributed by atoms with Gasteiger partial charge >= 0.3 is 6.18 Å². The average Bonchev–Trinajstić information content (AvgIpc) is 3.06. The number of oxime groups is 1. The van der Waals surface area contributed by atoms with Crippen molar-refractivity contribution in [2.75, 3.05) is 6.26 Å². The quantitative estimate of drug-likeness (QED) is 0.652. The summed E-state index contributed by atoms with van der Waals surface area (Å²) in [5.74, 6) is 0. The highest BCUT2D eigenvalue weighted by molar-refractivity contribution is 7.90. The van der Waals surface area contributed by atoms with E-state index in [0.717, 1.165) is 30.5 Å². The maximum absolute atomic E-state index is 14.0. The molecule has 2 aromatic carbocycles. The Bertz CT molecular complexity index is 1150. The second-order valence-electron chi connectivity index (χ2n) is 6.38. The molecule has 1 atom stereocenters. The molecular formula is C18H11Cl2F3N2O3S. The minimum absolute atomic E-state index is 0.00236. The van der Waals surface area contributed by atoms with Crippen LogP contribution in [0.4, 0.5) is 13.2 Å². The van der Waals surface area contributed by atoms with Crippen LogP contribution in [-0.4, -0.2) is 26.6 Å². The van der Waals surface area contributed by atoms with Crippen molar-refractivity contribution in [3.8, 4) is 6.07 Å². The van der Waals surface area contributed by atoms with Crippen LogP contribution < -0.4 is 0 Å². The predicted octanol–water partition coefficient (Wildman–Crippen LogP) is 4.85. The summed E-state index contributed by atoms with van der Waals surface area (Å²) in [6.45, 7) is 0. The fraction of sp³-hybridized carbons (Fsp3) is 0.222. The molecule has 0 radical (unpaired) electrons.